The molecule has 0 rings (SSSR count). The van der Waals surface area contributed by atoms with E-state index in [9.17, 15) is 10.2 Å². The predicted octanol–water partition coefficient (Wildman–Crippen LogP) is 2.75. The Kier molecular flexibility index (Phi) is 11.5. The first-order valence-electron chi connectivity index (χ1n) is 7.39. The zero-order valence-electron chi connectivity index (χ0n) is 12.7. The van der Waals surface area contributed by atoms with Crippen LogP contribution >= 0.6 is 0 Å². The van der Waals surface area contributed by atoms with Crippen LogP contribution in [0.25, 0.3) is 0 Å². The zero-order chi connectivity index (χ0) is 14.7. The second-order valence-corrected chi connectivity index (χ2v) is 4.57. The number of hydrogen-bond acceptors (Lipinski definition) is 5. The summed E-state index contributed by atoms with van der Waals surface area (Å²) in [6.45, 7) is 7.79. The molecule has 0 bridgehead atoms. The van der Waals surface area contributed by atoms with E-state index in [1.165, 1.54) is 0 Å². The molecule has 5 heteroatoms. The highest BCUT2D eigenvalue weighted by Gasteiger charge is 2.20. The Balaban J connectivity index is 4.15. The van der Waals surface area contributed by atoms with Crippen LogP contribution in [0, 0.1) is 0 Å². The van der Waals surface area contributed by atoms with E-state index in [0.717, 1.165) is 12.8 Å². The van der Waals surface area contributed by atoms with Gasteiger partial charge in [-0.05, 0) is 25.7 Å². The molecular formula is C14H30O5. The molecule has 0 amide bonds. The van der Waals surface area contributed by atoms with Gasteiger partial charge in [-0.25, -0.2) is 0 Å². The fourth-order valence-corrected chi connectivity index (χ4v) is 1.60. The molecule has 0 aliphatic heterocycles. The Labute approximate surface area is 116 Å². The van der Waals surface area contributed by atoms with Gasteiger partial charge in [0, 0.05) is 0 Å². The van der Waals surface area contributed by atoms with Crippen molar-refractivity contribution >= 4 is 0 Å². The molecular weight excluding hydrogens is 248 g/mol. The minimum Gasteiger partial charge on any atom is -0.368 e. The fourth-order valence-electron chi connectivity index (χ4n) is 1.60. The topological polar surface area (TPSA) is 68.2 Å². The summed E-state index contributed by atoms with van der Waals surface area (Å²) in [6, 6.07) is 0. The van der Waals surface area contributed by atoms with Gasteiger partial charge < -0.3 is 24.4 Å². The maximum absolute atomic E-state index is 9.61. The van der Waals surface area contributed by atoms with Crippen molar-refractivity contribution in [1.29, 1.82) is 0 Å². The normalized spacial score (nSPS) is 18.0. The van der Waals surface area contributed by atoms with Crippen LogP contribution in [0.5, 0.6) is 0 Å². The molecule has 19 heavy (non-hydrogen) atoms. The van der Waals surface area contributed by atoms with E-state index in [-0.39, 0.29) is 0 Å². The number of hydrogen-bond donors (Lipinski definition) is 2. The van der Waals surface area contributed by atoms with Crippen LogP contribution in [-0.4, -0.2) is 35.4 Å². The lowest BCUT2D eigenvalue weighted by atomic mass is 10.3. The van der Waals surface area contributed by atoms with Crippen molar-refractivity contribution in [3.05, 3.63) is 0 Å². The molecule has 0 saturated carbocycles. The average Bonchev–Trinajstić information content (AvgIpc) is 2.37. The fraction of sp³-hybridized carbons (Fsp3) is 1.00. The van der Waals surface area contributed by atoms with Gasteiger partial charge in [-0.1, -0.05) is 40.5 Å². The summed E-state index contributed by atoms with van der Waals surface area (Å²) >= 11 is 0. The van der Waals surface area contributed by atoms with Gasteiger partial charge in [-0.2, -0.15) is 0 Å². The lowest BCUT2D eigenvalue weighted by molar-refractivity contribution is -0.312. The van der Waals surface area contributed by atoms with Crippen LogP contribution in [0.15, 0.2) is 0 Å². The Bertz CT molecular complexity index is 180. The van der Waals surface area contributed by atoms with E-state index in [1.807, 2.05) is 27.7 Å². The Morgan fingerprint density at radius 1 is 0.684 bits per heavy atom. The van der Waals surface area contributed by atoms with E-state index in [4.69, 9.17) is 14.2 Å². The average molecular weight is 278 g/mol. The van der Waals surface area contributed by atoms with Gasteiger partial charge in [0.25, 0.3) is 0 Å². The predicted molar refractivity (Wildman–Crippen MR) is 73.2 cm³/mol. The first-order chi connectivity index (χ1) is 9.07. The summed E-state index contributed by atoms with van der Waals surface area (Å²) in [5.74, 6) is 0. The van der Waals surface area contributed by atoms with Crippen LogP contribution in [0.3, 0.4) is 0 Å². The molecule has 4 atom stereocenters. The van der Waals surface area contributed by atoms with Crippen LogP contribution < -0.4 is 0 Å². The van der Waals surface area contributed by atoms with E-state index in [2.05, 4.69) is 0 Å². The van der Waals surface area contributed by atoms with Gasteiger partial charge >= 0.3 is 0 Å². The van der Waals surface area contributed by atoms with Gasteiger partial charge in [0.15, 0.2) is 25.2 Å². The highest BCUT2D eigenvalue weighted by molar-refractivity contribution is 4.50. The van der Waals surface area contributed by atoms with E-state index in [1.54, 1.807) is 0 Å². The number of rotatable bonds is 12. The summed E-state index contributed by atoms with van der Waals surface area (Å²) < 4.78 is 16.4. The molecule has 0 heterocycles. The Morgan fingerprint density at radius 3 is 1.32 bits per heavy atom. The lowest BCUT2D eigenvalue weighted by Gasteiger charge is -2.27. The van der Waals surface area contributed by atoms with Gasteiger partial charge in [-0.3, -0.25) is 0 Å². The molecule has 0 spiro atoms. The third kappa shape index (κ3) is 9.35. The van der Waals surface area contributed by atoms with Crippen molar-refractivity contribution in [2.45, 2.75) is 91.4 Å². The van der Waals surface area contributed by atoms with E-state index in [0.29, 0.717) is 25.7 Å². The largest absolute Gasteiger partial charge is 0.368 e. The molecule has 0 aromatic carbocycles. The molecule has 0 aromatic rings. The third-order valence-electron chi connectivity index (χ3n) is 2.66. The maximum Gasteiger partial charge on any atom is 0.163 e. The van der Waals surface area contributed by atoms with Crippen LogP contribution in [-0.2, 0) is 14.2 Å². The molecule has 0 radical (unpaired) electrons. The highest BCUT2D eigenvalue weighted by Crippen LogP contribution is 2.14. The molecule has 4 unspecified atom stereocenters. The summed E-state index contributed by atoms with van der Waals surface area (Å²) in [5.41, 5.74) is 0. The van der Waals surface area contributed by atoms with Gasteiger partial charge in [0.05, 0.1) is 0 Å². The van der Waals surface area contributed by atoms with Crippen molar-refractivity contribution < 1.29 is 24.4 Å². The van der Waals surface area contributed by atoms with Crippen LogP contribution in [0.4, 0.5) is 0 Å². The Morgan fingerprint density at radius 2 is 1.05 bits per heavy atom. The van der Waals surface area contributed by atoms with Crippen molar-refractivity contribution in [2.75, 3.05) is 0 Å². The minimum absolute atomic E-state index is 0.514. The summed E-state index contributed by atoms with van der Waals surface area (Å²) in [6.07, 6.45) is 1.43. The highest BCUT2D eigenvalue weighted by atomic mass is 16.8. The lowest BCUT2D eigenvalue weighted by Crippen LogP contribution is -2.32. The van der Waals surface area contributed by atoms with E-state index >= 15 is 0 Å². The molecule has 2 N–H and O–H groups in total. The smallest absolute Gasteiger partial charge is 0.163 e. The van der Waals surface area contributed by atoms with Gasteiger partial charge in [0.1, 0.15) is 0 Å². The molecule has 0 saturated heterocycles. The number of aliphatic hydroxyl groups is 2. The second kappa shape index (κ2) is 11.6. The minimum atomic E-state index is -0.812. The Hall–Kier alpha value is -0.200. The van der Waals surface area contributed by atoms with Crippen molar-refractivity contribution in [1.82, 2.24) is 0 Å². The SMILES string of the molecule is CCCC(O)OC(CC)OC(CC)OC(O)CCC. The summed E-state index contributed by atoms with van der Waals surface area (Å²) in [5, 5.41) is 19.2. The summed E-state index contributed by atoms with van der Waals surface area (Å²) in [4.78, 5) is 0. The first-order valence-corrected chi connectivity index (χ1v) is 7.39. The standard InChI is InChI=1S/C14H30O5/c1-5-9-11(15)17-13(7-3)19-14(8-4)18-12(16)10-6-2/h11-16H,5-10H2,1-4H3. The molecule has 0 fully saturated rings. The monoisotopic (exact) mass is 278 g/mol. The molecule has 0 aliphatic carbocycles. The van der Waals surface area contributed by atoms with Crippen molar-refractivity contribution in [3.8, 4) is 0 Å². The van der Waals surface area contributed by atoms with Crippen LogP contribution in [0.2, 0.25) is 0 Å². The van der Waals surface area contributed by atoms with Gasteiger partial charge in [0.2, 0.25) is 0 Å². The number of aliphatic hydroxyl groups excluding tert-OH is 2. The second-order valence-electron chi connectivity index (χ2n) is 4.57. The molecule has 5 nitrogen and oxygen atoms in total. The molecule has 116 valence electrons. The third-order valence-corrected chi connectivity index (χ3v) is 2.66. The van der Waals surface area contributed by atoms with Crippen molar-refractivity contribution in [3.63, 3.8) is 0 Å². The quantitative estimate of drug-likeness (QED) is 0.537. The molecule has 0 aromatic heterocycles. The summed E-state index contributed by atoms with van der Waals surface area (Å²) in [7, 11) is 0. The van der Waals surface area contributed by atoms with Crippen LogP contribution in [0.1, 0.15) is 66.2 Å². The van der Waals surface area contributed by atoms with Gasteiger partial charge in [-0.15, -0.1) is 0 Å². The number of ether oxygens (including phenoxy) is 3. The maximum atomic E-state index is 9.61. The zero-order valence-corrected chi connectivity index (χ0v) is 12.7. The molecule has 0 aliphatic rings. The van der Waals surface area contributed by atoms with Crippen molar-refractivity contribution in [2.24, 2.45) is 0 Å². The van der Waals surface area contributed by atoms with E-state index < -0.39 is 25.2 Å². The first kappa shape index (κ1) is 18.8.